The number of aliphatic hydroxyl groups is 1. The minimum absolute atomic E-state index is 0.00371. The second-order valence-corrected chi connectivity index (χ2v) is 14.3. The number of ketones is 6. The van der Waals surface area contributed by atoms with Crippen LogP contribution in [0.3, 0.4) is 0 Å². The molecule has 2 aromatic carbocycles. The zero-order chi connectivity index (χ0) is 32.8. The molecule has 8 heteroatoms. The van der Waals surface area contributed by atoms with Crippen LogP contribution in [0.2, 0.25) is 0 Å². The van der Waals surface area contributed by atoms with Crippen LogP contribution < -0.4 is 0 Å². The molecule has 2 fully saturated rings. The second kappa shape index (κ2) is 10.1. The highest BCUT2D eigenvalue weighted by atomic mass is 16.3. The van der Waals surface area contributed by atoms with Crippen molar-refractivity contribution in [1.82, 2.24) is 0 Å². The van der Waals surface area contributed by atoms with Crippen LogP contribution in [0.1, 0.15) is 99.6 Å². The Morgan fingerprint density at radius 1 is 0.955 bits per heavy atom. The molecule has 0 aliphatic heterocycles. The topological polar surface area (TPSA) is 143 Å². The highest BCUT2D eigenvalue weighted by Crippen LogP contribution is 2.64. The van der Waals surface area contributed by atoms with Crippen LogP contribution in [0.5, 0.6) is 5.75 Å². The molecule has 232 valence electrons. The lowest BCUT2D eigenvalue weighted by atomic mass is 9.39. The van der Waals surface area contributed by atoms with Gasteiger partial charge in [-0.15, -0.1) is 0 Å². The summed E-state index contributed by atoms with van der Waals surface area (Å²) in [7, 11) is 0. The first-order valence-corrected chi connectivity index (χ1v) is 15.2. The van der Waals surface area contributed by atoms with Gasteiger partial charge in [-0.05, 0) is 72.8 Å². The van der Waals surface area contributed by atoms with Crippen molar-refractivity contribution in [3.8, 4) is 16.9 Å². The molecule has 5 rings (SSSR count). The average molecular weight is 601 g/mol. The standard InChI is InChI=1S/C36H40O8/c1-16(2)22-13-23(21-11-9-10-20(12-21)18(5)37)29(39)26-24(22)14-34(7)15-35(8)27(17(3)4)30(40)25(19(6)38)32(42)36(35,44)33(43)28(34)31(26)41/h9-13,16-17,25,27-28,39,44H,14-15H2,1-8H3/t25?,27?,28?,34-,35-,36+/m1/s1. The van der Waals surface area contributed by atoms with Gasteiger partial charge in [0.05, 0.1) is 11.5 Å². The van der Waals surface area contributed by atoms with Crippen molar-refractivity contribution >= 4 is 34.7 Å². The summed E-state index contributed by atoms with van der Waals surface area (Å²) >= 11 is 0. The van der Waals surface area contributed by atoms with Crippen LogP contribution in [0.25, 0.3) is 11.1 Å². The second-order valence-electron chi connectivity index (χ2n) is 14.3. The molecule has 0 spiro atoms. The minimum Gasteiger partial charge on any atom is -0.507 e. The van der Waals surface area contributed by atoms with Crippen molar-refractivity contribution in [2.75, 3.05) is 0 Å². The number of carbonyl (C=O) groups is 6. The quantitative estimate of drug-likeness (QED) is 0.357. The lowest BCUT2D eigenvalue weighted by molar-refractivity contribution is -0.205. The normalized spacial score (nSPS) is 31.6. The molecule has 0 saturated heterocycles. The molecule has 3 unspecified atom stereocenters. The SMILES string of the molecule is CC(=O)c1cccc(-c2cc(C(C)C)c3c(c2O)C(=O)C2C(=O)[C@@]4(O)C(=O)C(C(C)=O)C(=O)C(C(C)C)[C@@]4(C)C[C@@]2(C)C3)c1. The van der Waals surface area contributed by atoms with E-state index in [0.29, 0.717) is 22.3 Å². The van der Waals surface area contributed by atoms with E-state index in [2.05, 4.69) is 0 Å². The lowest BCUT2D eigenvalue weighted by Gasteiger charge is -2.62. The zero-order valence-electron chi connectivity index (χ0n) is 26.5. The van der Waals surface area contributed by atoms with E-state index in [1.807, 2.05) is 19.9 Å². The van der Waals surface area contributed by atoms with Gasteiger partial charge < -0.3 is 10.2 Å². The molecule has 0 amide bonds. The molecule has 2 N–H and O–H groups in total. The number of hydrogen-bond acceptors (Lipinski definition) is 8. The van der Waals surface area contributed by atoms with Crippen molar-refractivity contribution in [2.45, 2.75) is 79.8 Å². The van der Waals surface area contributed by atoms with Crippen LogP contribution in [0.15, 0.2) is 30.3 Å². The third kappa shape index (κ3) is 4.06. The molecule has 0 aromatic heterocycles. The van der Waals surface area contributed by atoms with E-state index in [1.54, 1.807) is 52.0 Å². The van der Waals surface area contributed by atoms with Gasteiger partial charge in [0.15, 0.2) is 34.5 Å². The monoisotopic (exact) mass is 600 g/mol. The van der Waals surface area contributed by atoms with Gasteiger partial charge in [-0.2, -0.15) is 0 Å². The number of carbonyl (C=O) groups excluding carboxylic acids is 6. The molecule has 3 aliphatic carbocycles. The van der Waals surface area contributed by atoms with Gasteiger partial charge in [0.25, 0.3) is 0 Å². The first-order valence-electron chi connectivity index (χ1n) is 15.2. The van der Waals surface area contributed by atoms with Gasteiger partial charge in [-0.3, -0.25) is 28.8 Å². The van der Waals surface area contributed by atoms with Gasteiger partial charge in [0, 0.05) is 22.5 Å². The number of benzene rings is 2. The highest BCUT2D eigenvalue weighted by molar-refractivity contribution is 6.32. The number of fused-ring (bicyclic) bond motifs is 3. The minimum atomic E-state index is -2.74. The number of Topliss-reactive ketones (excluding diaryl/α,β-unsaturated/α-hetero) is 6. The molecule has 44 heavy (non-hydrogen) atoms. The Morgan fingerprint density at radius 2 is 1.59 bits per heavy atom. The summed E-state index contributed by atoms with van der Waals surface area (Å²) in [6.07, 6.45) is 0.193. The molecule has 2 saturated carbocycles. The smallest absolute Gasteiger partial charge is 0.190 e. The predicted octanol–water partition coefficient (Wildman–Crippen LogP) is 5.09. The third-order valence-corrected chi connectivity index (χ3v) is 10.6. The van der Waals surface area contributed by atoms with Gasteiger partial charge in [0.2, 0.25) is 0 Å². The first-order chi connectivity index (χ1) is 20.3. The van der Waals surface area contributed by atoms with Crippen LogP contribution >= 0.6 is 0 Å². The molecule has 8 nitrogen and oxygen atoms in total. The van der Waals surface area contributed by atoms with Crippen molar-refractivity contribution in [3.05, 3.63) is 52.6 Å². The molecule has 0 bridgehead atoms. The fourth-order valence-electron chi connectivity index (χ4n) is 8.87. The van der Waals surface area contributed by atoms with E-state index in [4.69, 9.17) is 0 Å². The Hall–Kier alpha value is -3.78. The fourth-order valence-corrected chi connectivity index (χ4v) is 8.87. The van der Waals surface area contributed by atoms with Crippen LogP contribution in [0.4, 0.5) is 0 Å². The van der Waals surface area contributed by atoms with Gasteiger partial charge in [-0.25, -0.2) is 0 Å². The van der Waals surface area contributed by atoms with Crippen LogP contribution in [0, 0.1) is 34.5 Å². The molecule has 3 aliphatic rings. The Balaban J connectivity index is 1.77. The summed E-state index contributed by atoms with van der Waals surface area (Å²) in [6, 6.07) is 8.52. The van der Waals surface area contributed by atoms with E-state index in [0.717, 1.165) is 12.5 Å². The Bertz CT molecular complexity index is 1680. The molecule has 6 atom stereocenters. The Labute approximate surface area is 257 Å². The summed E-state index contributed by atoms with van der Waals surface area (Å²) in [6.45, 7) is 13.3. The zero-order valence-corrected chi connectivity index (χ0v) is 26.5. The first kappa shape index (κ1) is 31.6. The summed E-state index contributed by atoms with van der Waals surface area (Å²) < 4.78 is 0. The number of aromatic hydroxyl groups is 1. The van der Waals surface area contributed by atoms with Gasteiger partial charge in [-0.1, -0.05) is 59.7 Å². The maximum Gasteiger partial charge on any atom is 0.190 e. The van der Waals surface area contributed by atoms with E-state index in [1.165, 1.54) is 6.92 Å². The van der Waals surface area contributed by atoms with Crippen molar-refractivity contribution in [3.63, 3.8) is 0 Å². The number of phenolic OH excluding ortho intramolecular Hbond substituents is 1. The number of phenols is 1. The van der Waals surface area contributed by atoms with Crippen LogP contribution in [-0.4, -0.2) is 50.5 Å². The predicted molar refractivity (Wildman–Crippen MR) is 162 cm³/mol. The Kier molecular flexibility index (Phi) is 7.28. The van der Waals surface area contributed by atoms with E-state index >= 15 is 0 Å². The van der Waals surface area contributed by atoms with Crippen molar-refractivity contribution in [2.24, 2.45) is 34.5 Å². The number of hydrogen-bond donors (Lipinski definition) is 2. The molecule has 0 heterocycles. The van der Waals surface area contributed by atoms with Crippen LogP contribution in [-0.2, 0) is 25.6 Å². The Morgan fingerprint density at radius 3 is 2.14 bits per heavy atom. The molecular formula is C36H40O8. The summed E-state index contributed by atoms with van der Waals surface area (Å²) in [5.41, 5.74) is -2.77. The number of rotatable bonds is 5. The average Bonchev–Trinajstić information content (AvgIpc) is 2.90. The van der Waals surface area contributed by atoms with E-state index < -0.39 is 69.0 Å². The van der Waals surface area contributed by atoms with E-state index in [-0.39, 0.29) is 35.9 Å². The summed E-state index contributed by atoms with van der Waals surface area (Å²) in [4.78, 5) is 81.4. The van der Waals surface area contributed by atoms with Crippen molar-refractivity contribution < 1.29 is 39.0 Å². The maximum atomic E-state index is 14.6. The lowest BCUT2D eigenvalue weighted by Crippen LogP contribution is -2.76. The van der Waals surface area contributed by atoms with Gasteiger partial charge in [0.1, 0.15) is 17.5 Å². The molecular weight excluding hydrogens is 560 g/mol. The van der Waals surface area contributed by atoms with Crippen molar-refractivity contribution in [1.29, 1.82) is 0 Å². The summed E-state index contributed by atoms with van der Waals surface area (Å²) in [5.74, 6) is -9.49. The van der Waals surface area contributed by atoms with Gasteiger partial charge >= 0.3 is 0 Å². The fraction of sp³-hybridized carbons (Fsp3) is 0.500. The summed E-state index contributed by atoms with van der Waals surface area (Å²) in [5, 5.41) is 23.9. The van der Waals surface area contributed by atoms with E-state index in [9.17, 15) is 39.0 Å². The highest BCUT2D eigenvalue weighted by Gasteiger charge is 2.76. The largest absolute Gasteiger partial charge is 0.507 e. The molecule has 2 aromatic rings. The maximum absolute atomic E-state index is 14.6. The third-order valence-electron chi connectivity index (χ3n) is 10.6. The molecule has 0 radical (unpaired) electrons.